The van der Waals surface area contributed by atoms with E-state index >= 15 is 0 Å². The molecule has 1 aromatic carbocycles. The van der Waals surface area contributed by atoms with Gasteiger partial charge in [-0.25, -0.2) is 0 Å². The number of anilines is 1. The van der Waals surface area contributed by atoms with Crippen molar-refractivity contribution in [1.29, 1.82) is 0 Å². The maximum atomic E-state index is 9.42. The van der Waals surface area contributed by atoms with Crippen LogP contribution in [0.25, 0.3) is 0 Å². The fraction of sp³-hybridized carbons (Fsp3) is 0.375. The topological polar surface area (TPSA) is 41.5 Å². The van der Waals surface area contributed by atoms with Gasteiger partial charge in [-0.3, -0.25) is 0 Å². The Labute approximate surface area is 124 Å². The average molecular weight is 291 g/mol. The Morgan fingerprint density at radius 2 is 2.10 bits per heavy atom. The van der Waals surface area contributed by atoms with E-state index in [4.69, 9.17) is 4.74 Å². The van der Waals surface area contributed by atoms with E-state index in [0.717, 1.165) is 17.0 Å². The van der Waals surface area contributed by atoms with Crippen LogP contribution in [0.1, 0.15) is 35.2 Å². The molecule has 4 heteroatoms. The second kappa shape index (κ2) is 6.77. The van der Waals surface area contributed by atoms with Crippen molar-refractivity contribution in [2.24, 2.45) is 0 Å². The molecule has 0 aliphatic carbocycles. The van der Waals surface area contributed by atoms with Crippen LogP contribution in [0.15, 0.2) is 30.3 Å². The zero-order chi connectivity index (χ0) is 14.5. The van der Waals surface area contributed by atoms with E-state index in [9.17, 15) is 5.11 Å². The summed E-state index contributed by atoms with van der Waals surface area (Å²) in [4.78, 5) is 2.62. The van der Waals surface area contributed by atoms with Gasteiger partial charge in [0.25, 0.3) is 0 Å². The molecule has 3 nitrogen and oxygen atoms in total. The number of ether oxygens (including phenoxy) is 1. The first-order valence-corrected chi connectivity index (χ1v) is 7.65. The predicted octanol–water partition coefficient (Wildman–Crippen LogP) is 4.12. The highest BCUT2D eigenvalue weighted by Gasteiger charge is 2.09. The molecule has 1 heterocycles. The van der Waals surface area contributed by atoms with Gasteiger partial charge in [0.1, 0.15) is 5.75 Å². The average Bonchev–Trinajstić information content (AvgIpc) is 2.87. The lowest BCUT2D eigenvalue weighted by atomic mass is 10.1. The Morgan fingerprint density at radius 3 is 2.70 bits per heavy atom. The summed E-state index contributed by atoms with van der Waals surface area (Å²) in [6.45, 7) is 6.78. The smallest absolute Gasteiger partial charge is 0.124 e. The van der Waals surface area contributed by atoms with Gasteiger partial charge < -0.3 is 15.2 Å². The highest BCUT2D eigenvalue weighted by atomic mass is 32.1. The standard InChI is InChI=1S/C16H21NO2S/c1-4-19-15-7-6-14(9-13(15)10-18)17-12(3)16-8-5-11(2)20-16/h5-9,12,17-18H,4,10H2,1-3H3. The molecule has 0 amide bonds. The maximum Gasteiger partial charge on any atom is 0.124 e. The molecule has 1 atom stereocenters. The lowest BCUT2D eigenvalue weighted by Gasteiger charge is -2.16. The van der Waals surface area contributed by atoms with Crippen molar-refractivity contribution in [1.82, 2.24) is 0 Å². The Kier molecular flexibility index (Phi) is 5.04. The van der Waals surface area contributed by atoms with Crippen LogP contribution in [0.4, 0.5) is 5.69 Å². The zero-order valence-electron chi connectivity index (χ0n) is 12.1. The number of hydrogen-bond acceptors (Lipinski definition) is 4. The van der Waals surface area contributed by atoms with Gasteiger partial charge in [0.05, 0.1) is 19.3 Å². The molecule has 0 aliphatic heterocycles. The number of aliphatic hydroxyl groups is 1. The molecule has 0 saturated carbocycles. The minimum absolute atomic E-state index is 0.0165. The van der Waals surface area contributed by atoms with Gasteiger partial charge in [-0.1, -0.05) is 0 Å². The zero-order valence-corrected chi connectivity index (χ0v) is 13.0. The maximum absolute atomic E-state index is 9.42. The van der Waals surface area contributed by atoms with Crippen molar-refractivity contribution in [3.63, 3.8) is 0 Å². The summed E-state index contributed by atoms with van der Waals surface area (Å²) >= 11 is 1.80. The van der Waals surface area contributed by atoms with E-state index in [2.05, 4.69) is 31.3 Å². The summed E-state index contributed by atoms with van der Waals surface area (Å²) in [6.07, 6.45) is 0. The summed E-state index contributed by atoms with van der Waals surface area (Å²) in [5.74, 6) is 0.750. The van der Waals surface area contributed by atoms with Crippen molar-refractivity contribution >= 4 is 17.0 Å². The largest absolute Gasteiger partial charge is 0.494 e. The summed E-state index contributed by atoms with van der Waals surface area (Å²) in [7, 11) is 0. The molecule has 0 spiro atoms. The van der Waals surface area contributed by atoms with E-state index in [0.29, 0.717) is 6.61 Å². The second-order valence-corrected chi connectivity index (χ2v) is 6.05. The molecule has 0 bridgehead atoms. The molecular weight excluding hydrogens is 270 g/mol. The van der Waals surface area contributed by atoms with E-state index in [1.165, 1.54) is 9.75 Å². The molecule has 2 N–H and O–H groups in total. The highest BCUT2D eigenvalue weighted by molar-refractivity contribution is 7.12. The number of benzene rings is 1. The van der Waals surface area contributed by atoms with Crippen molar-refractivity contribution in [3.05, 3.63) is 45.6 Å². The van der Waals surface area contributed by atoms with Gasteiger partial charge in [-0.15, -0.1) is 11.3 Å². The van der Waals surface area contributed by atoms with E-state index in [1.54, 1.807) is 11.3 Å². The van der Waals surface area contributed by atoms with E-state index in [-0.39, 0.29) is 12.6 Å². The molecule has 1 unspecified atom stereocenters. The van der Waals surface area contributed by atoms with Gasteiger partial charge in [0, 0.05) is 21.0 Å². The number of hydrogen-bond donors (Lipinski definition) is 2. The highest BCUT2D eigenvalue weighted by Crippen LogP contribution is 2.28. The minimum atomic E-state index is -0.0165. The molecule has 0 fully saturated rings. The Balaban J connectivity index is 2.13. The first kappa shape index (κ1) is 14.9. The molecule has 2 aromatic rings. The minimum Gasteiger partial charge on any atom is -0.494 e. The summed E-state index contributed by atoms with van der Waals surface area (Å²) in [5, 5.41) is 12.9. The van der Waals surface area contributed by atoms with Crippen LogP contribution in [-0.2, 0) is 6.61 Å². The third-order valence-electron chi connectivity index (χ3n) is 3.10. The van der Waals surface area contributed by atoms with Crippen molar-refractivity contribution < 1.29 is 9.84 Å². The van der Waals surface area contributed by atoms with E-state index in [1.807, 2.05) is 25.1 Å². The van der Waals surface area contributed by atoms with Crippen molar-refractivity contribution in [2.75, 3.05) is 11.9 Å². The number of aliphatic hydroxyl groups excluding tert-OH is 1. The third-order valence-corrected chi connectivity index (χ3v) is 4.29. The Hall–Kier alpha value is -1.52. The number of rotatable bonds is 6. The lowest BCUT2D eigenvalue weighted by molar-refractivity contribution is 0.267. The summed E-state index contributed by atoms with van der Waals surface area (Å²) in [6, 6.07) is 10.4. The first-order chi connectivity index (χ1) is 9.63. The molecular formula is C16H21NO2S. The first-order valence-electron chi connectivity index (χ1n) is 6.83. The van der Waals surface area contributed by atoms with Gasteiger partial charge in [0.15, 0.2) is 0 Å². The third kappa shape index (κ3) is 3.52. The molecule has 0 saturated heterocycles. The fourth-order valence-corrected chi connectivity index (χ4v) is 2.98. The summed E-state index contributed by atoms with van der Waals surface area (Å²) < 4.78 is 5.49. The van der Waals surface area contributed by atoms with Crippen LogP contribution in [0.2, 0.25) is 0 Å². The van der Waals surface area contributed by atoms with Gasteiger partial charge >= 0.3 is 0 Å². The molecule has 20 heavy (non-hydrogen) atoms. The molecule has 0 radical (unpaired) electrons. The molecule has 108 valence electrons. The van der Waals surface area contributed by atoms with Crippen LogP contribution < -0.4 is 10.1 Å². The molecule has 1 aromatic heterocycles. The Morgan fingerprint density at radius 1 is 1.30 bits per heavy atom. The molecule has 2 rings (SSSR count). The van der Waals surface area contributed by atoms with Crippen LogP contribution in [0.3, 0.4) is 0 Å². The van der Waals surface area contributed by atoms with Gasteiger partial charge in [-0.05, 0) is 51.1 Å². The van der Waals surface area contributed by atoms with Crippen LogP contribution in [0, 0.1) is 6.92 Å². The fourth-order valence-electron chi connectivity index (χ4n) is 2.10. The van der Waals surface area contributed by atoms with Crippen LogP contribution in [0.5, 0.6) is 5.75 Å². The van der Waals surface area contributed by atoms with Gasteiger partial charge in [0.2, 0.25) is 0 Å². The second-order valence-electron chi connectivity index (χ2n) is 4.73. The van der Waals surface area contributed by atoms with Crippen LogP contribution >= 0.6 is 11.3 Å². The number of nitrogens with one attached hydrogen (secondary N) is 1. The lowest BCUT2D eigenvalue weighted by Crippen LogP contribution is -2.06. The number of aryl methyl sites for hydroxylation is 1. The monoisotopic (exact) mass is 291 g/mol. The Bertz CT molecular complexity index is 565. The predicted molar refractivity (Wildman–Crippen MR) is 84.6 cm³/mol. The van der Waals surface area contributed by atoms with Crippen molar-refractivity contribution in [2.45, 2.75) is 33.4 Å². The number of thiophene rings is 1. The summed E-state index contributed by atoms with van der Waals surface area (Å²) in [5.41, 5.74) is 1.81. The SMILES string of the molecule is CCOc1ccc(NC(C)c2ccc(C)s2)cc1CO. The van der Waals surface area contributed by atoms with Crippen molar-refractivity contribution in [3.8, 4) is 5.75 Å². The van der Waals surface area contributed by atoms with Crippen LogP contribution in [-0.4, -0.2) is 11.7 Å². The normalized spacial score (nSPS) is 12.2. The quantitative estimate of drug-likeness (QED) is 0.841. The van der Waals surface area contributed by atoms with Gasteiger partial charge in [-0.2, -0.15) is 0 Å². The molecule has 0 aliphatic rings. The van der Waals surface area contributed by atoms with E-state index < -0.39 is 0 Å².